The number of hydrogen-bond donors (Lipinski definition) is 1. The molecular weight excluding hydrogens is 216 g/mol. The third kappa shape index (κ3) is 2.70. The average molecular weight is 234 g/mol. The Hall–Kier alpha value is -1.71. The molecule has 1 aliphatic rings. The number of nitrogens with one attached hydrogen (secondary N) is 1. The summed E-state index contributed by atoms with van der Waals surface area (Å²) in [5.74, 6) is 0.616. The summed E-state index contributed by atoms with van der Waals surface area (Å²) in [6, 6.07) is 5.92. The summed E-state index contributed by atoms with van der Waals surface area (Å²) >= 11 is 0. The van der Waals surface area contributed by atoms with Crippen LogP contribution in [0.1, 0.15) is 19.8 Å². The van der Waals surface area contributed by atoms with E-state index in [0.29, 0.717) is 5.75 Å². The van der Waals surface area contributed by atoms with Gasteiger partial charge in [0, 0.05) is 25.7 Å². The van der Waals surface area contributed by atoms with Crippen LogP contribution in [0.4, 0.5) is 11.4 Å². The second-order valence-corrected chi connectivity index (χ2v) is 4.26. The van der Waals surface area contributed by atoms with E-state index in [1.54, 1.807) is 7.11 Å². The molecule has 1 aliphatic heterocycles. The van der Waals surface area contributed by atoms with Gasteiger partial charge in [0.1, 0.15) is 5.75 Å². The monoisotopic (exact) mass is 234 g/mol. The molecular formula is C13H18N2O2. The molecule has 0 spiro atoms. The molecule has 0 atom stereocenters. The molecule has 4 heteroatoms. The van der Waals surface area contributed by atoms with E-state index in [-0.39, 0.29) is 5.91 Å². The van der Waals surface area contributed by atoms with Crippen molar-refractivity contribution in [1.82, 2.24) is 0 Å². The summed E-state index contributed by atoms with van der Waals surface area (Å²) in [6.07, 6.45) is 2.48. The SMILES string of the molecule is COc1ccc(N2CCCC2)cc1NC(C)=O. The van der Waals surface area contributed by atoms with Crippen LogP contribution in [0.5, 0.6) is 5.75 Å². The predicted molar refractivity (Wildman–Crippen MR) is 68.7 cm³/mol. The van der Waals surface area contributed by atoms with Gasteiger partial charge in [-0.1, -0.05) is 0 Å². The first-order chi connectivity index (χ1) is 8.20. The van der Waals surface area contributed by atoms with Crippen LogP contribution in [0.3, 0.4) is 0 Å². The maximum absolute atomic E-state index is 11.1. The van der Waals surface area contributed by atoms with Crippen LogP contribution in [0.15, 0.2) is 18.2 Å². The molecule has 1 aromatic carbocycles. The van der Waals surface area contributed by atoms with Crippen LogP contribution in [0.2, 0.25) is 0 Å². The predicted octanol–water partition coefficient (Wildman–Crippen LogP) is 2.25. The summed E-state index contributed by atoms with van der Waals surface area (Å²) in [6.45, 7) is 3.68. The summed E-state index contributed by atoms with van der Waals surface area (Å²) in [4.78, 5) is 13.5. The molecule has 2 rings (SSSR count). The van der Waals surface area contributed by atoms with Gasteiger partial charge in [-0.05, 0) is 31.0 Å². The second kappa shape index (κ2) is 5.08. The first-order valence-electron chi connectivity index (χ1n) is 5.91. The van der Waals surface area contributed by atoms with E-state index >= 15 is 0 Å². The zero-order valence-electron chi connectivity index (χ0n) is 10.3. The molecule has 0 bridgehead atoms. The van der Waals surface area contributed by atoms with E-state index in [4.69, 9.17) is 4.74 Å². The maximum atomic E-state index is 11.1. The fraction of sp³-hybridized carbons (Fsp3) is 0.462. The fourth-order valence-corrected chi connectivity index (χ4v) is 2.16. The van der Waals surface area contributed by atoms with Gasteiger partial charge in [0.15, 0.2) is 0 Å². The van der Waals surface area contributed by atoms with E-state index in [0.717, 1.165) is 24.5 Å². The fourth-order valence-electron chi connectivity index (χ4n) is 2.16. The topological polar surface area (TPSA) is 41.6 Å². The Balaban J connectivity index is 2.26. The van der Waals surface area contributed by atoms with Gasteiger partial charge < -0.3 is 15.0 Å². The molecule has 92 valence electrons. The number of anilines is 2. The highest BCUT2D eigenvalue weighted by Crippen LogP contribution is 2.31. The van der Waals surface area contributed by atoms with Crippen molar-refractivity contribution in [3.63, 3.8) is 0 Å². The Morgan fingerprint density at radius 3 is 2.65 bits per heavy atom. The third-order valence-corrected chi connectivity index (χ3v) is 2.96. The standard InChI is InChI=1S/C13H18N2O2/c1-10(16)14-12-9-11(5-6-13(12)17-2)15-7-3-4-8-15/h5-6,9H,3-4,7-8H2,1-2H3,(H,14,16). The van der Waals surface area contributed by atoms with Gasteiger partial charge in [-0.2, -0.15) is 0 Å². The van der Waals surface area contributed by atoms with Crippen molar-refractivity contribution < 1.29 is 9.53 Å². The highest BCUT2D eigenvalue weighted by Gasteiger charge is 2.14. The molecule has 0 unspecified atom stereocenters. The Labute approximate surface area is 102 Å². The lowest BCUT2D eigenvalue weighted by Crippen LogP contribution is -2.18. The van der Waals surface area contributed by atoms with Crippen molar-refractivity contribution in [1.29, 1.82) is 0 Å². The van der Waals surface area contributed by atoms with Gasteiger partial charge >= 0.3 is 0 Å². The summed E-state index contributed by atoms with van der Waals surface area (Å²) in [7, 11) is 1.61. The van der Waals surface area contributed by atoms with E-state index < -0.39 is 0 Å². The average Bonchev–Trinajstić information content (AvgIpc) is 2.81. The zero-order valence-corrected chi connectivity index (χ0v) is 10.3. The molecule has 0 radical (unpaired) electrons. The summed E-state index contributed by atoms with van der Waals surface area (Å²) in [5, 5.41) is 2.80. The highest BCUT2D eigenvalue weighted by molar-refractivity contribution is 5.91. The van der Waals surface area contributed by atoms with Crippen molar-refractivity contribution in [2.45, 2.75) is 19.8 Å². The molecule has 1 saturated heterocycles. The van der Waals surface area contributed by atoms with E-state index in [9.17, 15) is 4.79 Å². The van der Waals surface area contributed by atoms with Gasteiger partial charge in [0.05, 0.1) is 12.8 Å². The molecule has 1 fully saturated rings. The first-order valence-corrected chi connectivity index (χ1v) is 5.91. The van der Waals surface area contributed by atoms with Crippen molar-refractivity contribution in [3.8, 4) is 5.75 Å². The first kappa shape index (κ1) is 11.8. The van der Waals surface area contributed by atoms with Crippen LogP contribution in [0, 0.1) is 0 Å². The third-order valence-electron chi connectivity index (χ3n) is 2.96. The molecule has 0 saturated carbocycles. The zero-order chi connectivity index (χ0) is 12.3. The van der Waals surface area contributed by atoms with Gasteiger partial charge in [0.2, 0.25) is 5.91 Å². The minimum absolute atomic E-state index is 0.0816. The van der Waals surface area contributed by atoms with Crippen LogP contribution in [-0.2, 0) is 4.79 Å². The van der Waals surface area contributed by atoms with Crippen LogP contribution in [0.25, 0.3) is 0 Å². The molecule has 17 heavy (non-hydrogen) atoms. The summed E-state index contributed by atoms with van der Waals surface area (Å²) < 4.78 is 5.23. The van der Waals surface area contributed by atoms with Crippen molar-refractivity contribution >= 4 is 17.3 Å². The Morgan fingerprint density at radius 1 is 1.35 bits per heavy atom. The number of nitrogens with zero attached hydrogens (tertiary/aromatic N) is 1. The Kier molecular flexibility index (Phi) is 3.52. The van der Waals surface area contributed by atoms with Gasteiger partial charge in [-0.25, -0.2) is 0 Å². The van der Waals surface area contributed by atoms with Gasteiger partial charge in [0.25, 0.3) is 0 Å². The second-order valence-electron chi connectivity index (χ2n) is 4.26. The largest absolute Gasteiger partial charge is 0.495 e. The lowest BCUT2D eigenvalue weighted by atomic mass is 10.2. The van der Waals surface area contributed by atoms with Gasteiger partial charge in [-0.3, -0.25) is 4.79 Å². The summed E-state index contributed by atoms with van der Waals surface area (Å²) in [5.41, 5.74) is 1.89. The molecule has 0 aliphatic carbocycles. The van der Waals surface area contributed by atoms with E-state index in [2.05, 4.69) is 10.2 Å². The smallest absolute Gasteiger partial charge is 0.221 e. The number of benzene rings is 1. The quantitative estimate of drug-likeness (QED) is 0.872. The lowest BCUT2D eigenvalue weighted by Gasteiger charge is -2.19. The molecule has 1 N–H and O–H groups in total. The number of methoxy groups -OCH3 is 1. The minimum Gasteiger partial charge on any atom is -0.495 e. The normalized spacial score (nSPS) is 14.8. The Morgan fingerprint density at radius 2 is 2.06 bits per heavy atom. The van der Waals surface area contributed by atoms with Crippen LogP contribution >= 0.6 is 0 Å². The molecule has 1 amide bonds. The molecule has 0 aromatic heterocycles. The number of amides is 1. The number of carbonyl (C=O) groups is 1. The molecule has 1 aromatic rings. The Bertz CT molecular complexity index is 412. The van der Waals surface area contributed by atoms with Crippen molar-refractivity contribution in [2.75, 3.05) is 30.4 Å². The number of rotatable bonds is 3. The van der Waals surface area contributed by atoms with Crippen LogP contribution < -0.4 is 15.0 Å². The molecule has 4 nitrogen and oxygen atoms in total. The van der Waals surface area contributed by atoms with Gasteiger partial charge in [-0.15, -0.1) is 0 Å². The number of carbonyl (C=O) groups excluding carboxylic acids is 1. The van der Waals surface area contributed by atoms with Crippen molar-refractivity contribution in [3.05, 3.63) is 18.2 Å². The number of ether oxygens (including phenoxy) is 1. The van der Waals surface area contributed by atoms with Crippen LogP contribution in [-0.4, -0.2) is 26.1 Å². The van der Waals surface area contributed by atoms with E-state index in [1.807, 2.05) is 18.2 Å². The van der Waals surface area contributed by atoms with E-state index in [1.165, 1.54) is 19.8 Å². The van der Waals surface area contributed by atoms with Crippen molar-refractivity contribution in [2.24, 2.45) is 0 Å². The minimum atomic E-state index is -0.0816. The number of hydrogen-bond acceptors (Lipinski definition) is 3. The highest BCUT2D eigenvalue weighted by atomic mass is 16.5. The maximum Gasteiger partial charge on any atom is 0.221 e. The lowest BCUT2D eigenvalue weighted by molar-refractivity contribution is -0.114. The molecule has 1 heterocycles.